The second-order valence-corrected chi connectivity index (χ2v) is 7.05. The van der Waals surface area contributed by atoms with E-state index >= 15 is 0 Å². The number of para-hydroxylation sites is 1. The predicted molar refractivity (Wildman–Crippen MR) is 91.5 cm³/mol. The van der Waals surface area contributed by atoms with Crippen LogP contribution >= 0.6 is 34.4 Å². The topological polar surface area (TPSA) is 59.8 Å². The molecular weight excluding hydrogens is 399 g/mol. The maximum atomic E-state index is 12.0. The molecule has 1 saturated carbocycles. The van der Waals surface area contributed by atoms with E-state index in [9.17, 15) is 4.79 Å². The molecule has 1 fully saturated rings. The molecule has 0 bridgehead atoms. The first kappa shape index (κ1) is 14.8. The molecule has 1 heterocycles. The first-order valence-electron chi connectivity index (χ1n) is 6.74. The number of nitrogens with zero attached hydrogens (tertiary/aromatic N) is 3. The Balaban J connectivity index is 1.60. The number of rotatable bonds is 5. The lowest BCUT2D eigenvalue weighted by Gasteiger charge is -2.08. The van der Waals surface area contributed by atoms with Crippen molar-refractivity contribution in [2.24, 2.45) is 0 Å². The van der Waals surface area contributed by atoms with E-state index in [2.05, 4.69) is 42.7 Å². The molecule has 0 spiro atoms. The maximum Gasteiger partial charge on any atom is 0.234 e. The minimum atomic E-state index is -0.0212. The van der Waals surface area contributed by atoms with Gasteiger partial charge in [0.15, 0.2) is 5.16 Å². The first-order valence-corrected chi connectivity index (χ1v) is 8.80. The SMILES string of the molecule is Cc1nnc(SCC(=O)Nc2ccccc2I)n1C1CC1. The summed E-state index contributed by atoms with van der Waals surface area (Å²) in [5.41, 5.74) is 0.851. The fraction of sp³-hybridized carbons (Fsp3) is 0.357. The number of thioether (sulfide) groups is 1. The second-order valence-electron chi connectivity index (χ2n) is 4.95. The van der Waals surface area contributed by atoms with Crippen LogP contribution in [0.2, 0.25) is 0 Å². The van der Waals surface area contributed by atoms with Gasteiger partial charge in [0.2, 0.25) is 5.91 Å². The molecule has 0 unspecified atom stereocenters. The molecule has 1 aromatic carbocycles. The van der Waals surface area contributed by atoms with Gasteiger partial charge in [0.1, 0.15) is 5.82 Å². The maximum absolute atomic E-state index is 12.0. The minimum absolute atomic E-state index is 0.0212. The number of amides is 1. The van der Waals surface area contributed by atoms with Gasteiger partial charge < -0.3 is 9.88 Å². The van der Waals surface area contributed by atoms with E-state index in [1.807, 2.05) is 31.2 Å². The Morgan fingerprint density at radius 2 is 2.19 bits per heavy atom. The fourth-order valence-corrected chi connectivity index (χ4v) is 3.45. The fourth-order valence-electron chi connectivity index (χ4n) is 2.08. The van der Waals surface area contributed by atoms with E-state index in [4.69, 9.17) is 0 Å². The quantitative estimate of drug-likeness (QED) is 0.603. The van der Waals surface area contributed by atoms with Crippen molar-refractivity contribution in [3.63, 3.8) is 0 Å². The molecule has 0 atom stereocenters. The van der Waals surface area contributed by atoms with E-state index < -0.39 is 0 Å². The first-order chi connectivity index (χ1) is 10.1. The van der Waals surface area contributed by atoms with Gasteiger partial charge in [-0.25, -0.2) is 0 Å². The molecule has 0 saturated heterocycles. The van der Waals surface area contributed by atoms with Crippen LogP contribution in [0.5, 0.6) is 0 Å². The average molecular weight is 414 g/mol. The molecular formula is C14H15IN4OS. The highest BCUT2D eigenvalue weighted by molar-refractivity contribution is 14.1. The lowest BCUT2D eigenvalue weighted by atomic mass is 10.3. The summed E-state index contributed by atoms with van der Waals surface area (Å²) >= 11 is 3.66. The number of anilines is 1. The third kappa shape index (κ3) is 3.57. The van der Waals surface area contributed by atoms with Gasteiger partial charge >= 0.3 is 0 Å². The minimum Gasteiger partial charge on any atom is -0.324 e. The summed E-state index contributed by atoms with van der Waals surface area (Å²) in [5, 5.41) is 12.0. The van der Waals surface area contributed by atoms with Crippen LogP contribution in [0.3, 0.4) is 0 Å². The third-order valence-electron chi connectivity index (χ3n) is 3.23. The van der Waals surface area contributed by atoms with Gasteiger partial charge in [-0.2, -0.15) is 0 Å². The van der Waals surface area contributed by atoms with Crippen molar-refractivity contribution < 1.29 is 4.79 Å². The van der Waals surface area contributed by atoms with Crippen LogP contribution in [0.25, 0.3) is 0 Å². The summed E-state index contributed by atoms with van der Waals surface area (Å²) < 4.78 is 3.18. The van der Waals surface area contributed by atoms with Gasteiger partial charge in [0, 0.05) is 9.61 Å². The van der Waals surface area contributed by atoms with E-state index in [0.29, 0.717) is 11.8 Å². The van der Waals surface area contributed by atoms with E-state index in [1.54, 1.807) is 0 Å². The monoisotopic (exact) mass is 414 g/mol. The summed E-state index contributed by atoms with van der Waals surface area (Å²) in [5.74, 6) is 1.25. The molecule has 7 heteroatoms. The van der Waals surface area contributed by atoms with Crippen molar-refractivity contribution in [3.8, 4) is 0 Å². The smallest absolute Gasteiger partial charge is 0.234 e. The molecule has 110 valence electrons. The second kappa shape index (κ2) is 6.35. The van der Waals surface area contributed by atoms with Crippen LogP contribution < -0.4 is 5.32 Å². The Bertz CT molecular complexity index is 669. The molecule has 1 amide bonds. The Kier molecular flexibility index (Phi) is 4.48. The van der Waals surface area contributed by atoms with Gasteiger partial charge in [-0.1, -0.05) is 23.9 Å². The number of benzene rings is 1. The summed E-state index contributed by atoms with van der Waals surface area (Å²) in [6.45, 7) is 1.96. The zero-order valence-electron chi connectivity index (χ0n) is 11.5. The zero-order valence-corrected chi connectivity index (χ0v) is 14.5. The standard InChI is InChI=1S/C14H15IN4OS/c1-9-17-18-14(19(9)10-6-7-10)21-8-13(20)16-12-5-3-2-4-11(12)15/h2-5,10H,6-8H2,1H3,(H,16,20). The molecule has 1 aliphatic rings. The number of hydrogen-bond donors (Lipinski definition) is 1. The van der Waals surface area contributed by atoms with Crippen LogP contribution in [-0.4, -0.2) is 26.4 Å². The Morgan fingerprint density at radius 3 is 2.90 bits per heavy atom. The molecule has 1 N–H and O–H groups in total. The van der Waals surface area contributed by atoms with Crippen LogP contribution in [0.1, 0.15) is 24.7 Å². The van der Waals surface area contributed by atoms with Gasteiger partial charge in [0.25, 0.3) is 0 Å². The lowest BCUT2D eigenvalue weighted by Crippen LogP contribution is -2.15. The lowest BCUT2D eigenvalue weighted by molar-refractivity contribution is -0.113. The summed E-state index contributed by atoms with van der Waals surface area (Å²) in [6, 6.07) is 8.27. The molecule has 1 aliphatic carbocycles. The molecule has 3 rings (SSSR count). The number of halogens is 1. The van der Waals surface area contributed by atoms with Crippen LogP contribution in [0.15, 0.2) is 29.4 Å². The van der Waals surface area contributed by atoms with E-state index in [1.165, 1.54) is 24.6 Å². The molecule has 21 heavy (non-hydrogen) atoms. The highest BCUT2D eigenvalue weighted by Gasteiger charge is 2.28. The van der Waals surface area contributed by atoms with Crippen molar-refractivity contribution in [1.29, 1.82) is 0 Å². The summed E-state index contributed by atoms with van der Waals surface area (Å²) in [4.78, 5) is 12.0. The zero-order chi connectivity index (χ0) is 14.8. The van der Waals surface area contributed by atoms with Crippen molar-refractivity contribution in [3.05, 3.63) is 33.7 Å². The van der Waals surface area contributed by atoms with Crippen molar-refractivity contribution in [2.75, 3.05) is 11.1 Å². The molecule has 0 aliphatic heterocycles. The summed E-state index contributed by atoms with van der Waals surface area (Å²) in [7, 11) is 0. The van der Waals surface area contributed by atoms with Crippen LogP contribution in [0, 0.1) is 10.5 Å². The van der Waals surface area contributed by atoms with Crippen molar-refractivity contribution in [2.45, 2.75) is 31.0 Å². The highest BCUT2D eigenvalue weighted by atomic mass is 127. The van der Waals surface area contributed by atoms with Gasteiger partial charge in [0.05, 0.1) is 11.4 Å². The molecule has 5 nitrogen and oxygen atoms in total. The predicted octanol–water partition coefficient (Wildman–Crippen LogP) is 3.26. The molecule has 2 aromatic rings. The number of carbonyl (C=O) groups is 1. The summed E-state index contributed by atoms with van der Waals surface area (Å²) in [6.07, 6.45) is 2.36. The van der Waals surface area contributed by atoms with Gasteiger partial charge in [-0.05, 0) is 54.5 Å². The average Bonchev–Trinajstić information content (AvgIpc) is 3.23. The van der Waals surface area contributed by atoms with Crippen LogP contribution in [-0.2, 0) is 4.79 Å². The number of hydrogen-bond acceptors (Lipinski definition) is 4. The number of aryl methyl sites for hydroxylation is 1. The third-order valence-corrected chi connectivity index (χ3v) is 5.11. The van der Waals surface area contributed by atoms with Crippen molar-refractivity contribution in [1.82, 2.24) is 14.8 Å². The van der Waals surface area contributed by atoms with Gasteiger partial charge in [-0.15, -0.1) is 10.2 Å². The Morgan fingerprint density at radius 1 is 1.43 bits per heavy atom. The van der Waals surface area contributed by atoms with Gasteiger partial charge in [-0.3, -0.25) is 4.79 Å². The molecule has 1 aromatic heterocycles. The highest BCUT2D eigenvalue weighted by Crippen LogP contribution is 2.38. The Hall–Kier alpha value is -1.09. The number of aromatic nitrogens is 3. The largest absolute Gasteiger partial charge is 0.324 e. The van der Waals surface area contributed by atoms with Crippen molar-refractivity contribution >= 4 is 45.9 Å². The van der Waals surface area contributed by atoms with E-state index in [-0.39, 0.29) is 5.91 Å². The number of carbonyl (C=O) groups excluding carboxylic acids is 1. The van der Waals surface area contributed by atoms with Crippen LogP contribution in [0.4, 0.5) is 5.69 Å². The molecule has 0 radical (unpaired) electrons. The number of nitrogens with one attached hydrogen (secondary N) is 1. The van der Waals surface area contributed by atoms with E-state index in [0.717, 1.165) is 20.2 Å². The normalized spacial score (nSPS) is 14.2. The Labute approximate surface area is 141 Å².